The molecule has 1 N–H and O–H groups in total. The van der Waals surface area contributed by atoms with E-state index in [2.05, 4.69) is 68.2 Å². The van der Waals surface area contributed by atoms with Gasteiger partial charge in [0.2, 0.25) is 5.91 Å². The number of nitrogens with one attached hydrogen (secondary N) is 1. The maximum absolute atomic E-state index is 13.2. The van der Waals surface area contributed by atoms with Crippen LogP contribution in [-0.4, -0.2) is 24.5 Å². The molecule has 6 rings (SSSR count). The van der Waals surface area contributed by atoms with Gasteiger partial charge in [0.15, 0.2) is 0 Å². The summed E-state index contributed by atoms with van der Waals surface area (Å²) in [4.78, 5) is 15.8. The van der Waals surface area contributed by atoms with Gasteiger partial charge in [-0.25, -0.2) is 0 Å². The number of amides is 1. The highest BCUT2D eigenvalue weighted by Gasteiger charge is 2.60. The lowest BCUT2D eigenvalue weighted by Gasteiger charge is -2.61. The molecule has 4 aliphatic carbocycles. The van der Waals surface area contributed by atoms with E-state index in [1.807, 2.05) is 0 Å². The predicted molar refractivity (Wildman–Crippen MR) is 187 cm³/mol. The molecule has 42 heavy (non-hydrogen) atoms. The van der Waals surface area contributed by atoms with Crippen LogP contribution in [0.15, 0.2) is 30.3 Å². The monoisotopic (exact) mass is 688 g/mol. The second kappa shape index (κ2) is 13.7. The SMILES string of the molecule is CCCC1CC(NC(=O)CC[C@@H](C)[C@H]2CC[C@H]3[C@@H]4CCC5CCCC[C@]5(C)[C@H]4CC[C@]23C)CCN1c1ccccc1.I. The molecule has 0 bridgehead atoms. The number of benzene rings is 1. The second-order valence-electron chi connectivity index (χ2n) is 15.9. The van der Waals surface area contributed by atoms with Crippen molar-refractivity contribution in [3.05, 3.63) is 30.3 Å². The van der Waals surface area contributed by atoms with E-state index in [1.54, 1.807) is 0 Å². The number of carbonyl (C=O) groups excluding carboxylic acids is 1. The fourth-order valence-electron chi connectivity index (χ4n) is 11.9. The number of nitrogens with zero attached hydrogens (tertiary/aromatic N) is 1. The van der Waals surface area contributed by atoms with Gasteiger partial charge in [-0.15, -0.1) is 24.0 Å². The molecule has 4 heteroatoms. The second-order valence-corrected chi connectivity index (χ2v) is 15.9. The predicted octanol–water partition coefficient (Wildman–Crippen LogP) is 10.0. The van der Waals surface area contributed by atoms with Crippen LogP contribution in [0.25, 0.3) is 0 Å². The number of hydrogen-bond acceptors (Lipinski definition) is 2. The zero-order valence-corrected chi connectivity index (χ0v) is 29.6. The van der Waals surface area contributed by atoms with Crippen LogP contribution in [0.1, 0.15) is 130 Å². The largest absolute Gasteiger partial charge is 0.368 e. The van der Waals surface area contributed by atoms with Crippen LogP contribution < -0.4 is 10.2 Å². The average molecular weight is 689 g/mol. The molecule has 3 nitrogen and oxygen atoms in total. The Morgan fingerprint density at radius 1 is 0.952 bits per heavy atom. The van der Waals surface area contributed by atoms with E-state index in [-0.39, 0.29) is 24.0 Å². The number of carbonyl (C=O) groups is 1. The molecule has 1 amide bonds. The molecule has 1 aromatic rings. The van der Waals surface area contributed by atoms with Crippen molar-refractivity contribution in [1.29, 1.82) is 0 Å². The van der Waals surface area contributed by atoms with Crippen molar-refractivity contribution in [3.8, 4) is 0 Å². The van der Waals surface area contributed by atoms with Crippen molar-refractivity contribution in [3.63, 3.8) is 0 Å². The molecule has 5 aliphatic rings. The summed E-state index contributed by atoms with van der Waals surface area (Å²) in [5.74, 6) is 5.68. The molecule has 4 saturated carbocycles. The number of halogens is 1. The Morgan fingerprint density at radius 2 is 1.74 bits per heavy atom. The Bertz CT molecular complexity index is 1030. The normalized spacial score (nSPS) is 40.2. The van der Waals surface area contributed by atoms with Crippen LogP contribution in [0.3, 0.4) is 0 Å². The van der Waals surface area contributed by atoms with E-state index in [4.69, 9.17) is 0 Å². The molecule has 0 aromatic heterocycles. The van der Waals surface area contributed by atoms with Gasteiger partial charge in [-0.1, -0.05) is 65.2 Å². The maximum Gasteiger partial charge on any atom is 0.220 e. The smallest absolute Gasteiger partial charge is 0.220 e. The first-order chi connectivity index (χ1) is 19.8. The first kappa shape index (κ1) is 32.6. The molecule has 0 spiro atoms. The third-order valence-corrected chi connectivity index (χ3v) is 14.0. The zero-order valence-electron chi connectivity index (χ0n) is 27.3. The highest BCUT2D eigenvalue weighted by molar-refractivity contribution is 14.0. The first-order valence-electron chi connectivity index (χ1n) is 17.9. The lowest BCUT2D eigenvalue weighted by molar-refractivity contribution is -0.123. The maximum atomic E-state index is 13.2. The van der Waals surface area contributed by atoms with E-state index in [1.165, 1.54) is 82.7 Å². The standard InChI is InChI=1S/C38H60N2O.HI/c1-5-11-31-26-29(22-25-40(31)30-13-7-6-8-14-30)39-36(41)20-15-27(2)33-18-19-34-32-17-16-28-12-9-10-23-37(28,3)35(32)21-24-38(33,34)4;/h6-8,13-14,27-29,31-35H,5,9-12,15-26H2,1-4H3,(H,39,41);1H/t27-,28?,29?,31?,32+,33-,34+,35+,37+,38-;/m1./s1. The molecule has 1 aliphatic heterocycles. The molecular formula is C38H61IN2O. The summed E-state index contributed by atoms with van der Waals surface area (Å²) < 4.78 is 0. The summed E-state index contributed by atoms with van der Waals surface area (Å²) in [5, 5.41) is 3.49. The number of para-hydroxylation sites is 1. The number of hydrogen-bond donors (Lipinski definition) is 1. The average Bonchev–Trinajstić information content (AvgIpc) is 3.34. The van der Waals surface area contributed by atoms with Crippen LogP contribution in [0.4, 0.5) is 5.69 Å². The summed E-state index contributed by atoms with van der Waals surface area (Å²) in [6.45, 7) is 11.2. The highest BCUT2D eigenvalue weighted by atomic mass is 127. The van der Waals surface area contributed by atoms with Gasteiger partial charge >= 0.3 is 0 Å². The molecule has 5 fully saturated rings. The van der Waals surface area contributed by atoms with Gasteiger partial charge in [-0.3, -0.25) is 4.79 Å². The molecule has 1 saturated heterocycles. The minimum Gasteiger partial charge on any atom is -0.368 e. The van der Waals surface area contributed by atoms with Gasteiger partial charge < -0.3 is 10.2 Å². The van der Waals surface area contributed by atoms with E-state index in [0.29, 0.717) is 41.2 Å². The van der Waals surface area contributed by atoms with Crippen LogP contribution in [0.2, 0.25) is 0 Å². The topological polar surface area (TPSA) is 32.3 Å². The fraction of sp³-hybridized carbons (Fsp3) is 0.816. The summed E-state index contributed by atoms with van der Waals surface area (Å²) in [5.41, 5.74) is 2.48. The Balaban J connectivity index is 0.00000353. The van der Waals surface area contributed by atoms with Crippen molar-refractivity contribution in [2.24, 2.45) is 46.3 Å². The summed E-state index contributed by atoms with van der Waals surface area (Å²) in [6.07, 6.45) is 21.1. The lowest BCUT2D eigenvalue weighted by Crippen LogP contribution is -2.53. The number of fused-ring (bicyclic) bond motifs is 5. The first-order valence-corrected chi connectivity index (χ1v) is 17.9. The van der Waals surface area contributed by atoms with Crippen LogP contribution in [0, 0.1) is 46.3 Å². The molecule has 3 unspecified atom stereocenters. The third kappa shape index (κ3) is 6.19. The van der Waals surface area contributed by atoms with Crippen molar-refractivity contribution in [2.45, 2.75) is 143 Å². The Morgan fingerprint density at radius 3 is 2.52 bits per heavy atom. The minimum atomic E-state index is 0. The highest BCUT2D eigenvalue weighted by Crippen LogP contribution is 2.68. The van der Waals surface area contributed by atoms with Gasteiger partial charge in [0.1, 0.15) is 0 Å². The molecule has 1 heterocycles. The van der Waals surface area contributed by atoms with E-state index in [9.17, 15) is 4.79 Å². The Hall–Kier alpha value is -0.780. The molecular weight excluding hydrogens is 627 g/mol. The van der Waals surface area contributed by atoms with Crippen LogP contribution in [0.5, 0.6) is 0 Å². The third-order valence-electron chi connectivity index (χ3n) is 14.0. The van der Waals surface area contributed by atoms with Gasteiger partial charge in [0.05, 0.1) is 0 Å². The number of piperidine rings is 1. The van der Waals surface area contributed by atoms with Gasteiger partial charge in [-0.05, 0) is 136 Å². The lowest BCUT2D eigenvalue weighted by atomic mass is 9.44. The van der Waals surface area contributed by atoms with Gasteiger partial charge in [0.25, 0.3) is 0 Å². The number of anilines is 1. The van der Waals surface area contributed by atoms with Crippen molar-refractivity contribution >= 4 is 35.6 Å². The molecule has 0 radical (unpaired) electrons. The van der Waals surface area contributed by atoms with E-state index < -0.39 is 0 Å². The van der Waals surface area contributed by atoms with Crippen molar-refractivity contribution in [2.75, 3.05) is 11.4 Å². The Kier molecular flexibility index (Phi) is 10.6. The van der Waals surface area contributed by atoms with E-state index >= 15 is 0 Å². The van der Waals surface area contributed by atoms with Gasteiger partial charge in [-0.2, -0.15) is 0 Å². The number of rotatable bonds is 8. The van der Waals surface area contributed by atoms with E-state index in [0.717, 1.165) is 55.4 Å². The van der Waals surface area contributed by atoms with Crippen molar-refractivity contribution in [1.82, 2.24) is 5.32 Å². The van der Waals surface area contributed by atoms with Gasteiger partial charge in [0, 0.05) is 30.7 Å². The fourth-order valence-corrected chi connectivity index (χ4v) is 11.9. The quantitative estimate of drug-likeness (QED) is 0.276. The molecule has 10 atom stereocenters. The zero-order chi connectivity index (χ0) is 28.6. The summed E-state index contributed by atoms with van der Waals surface area (Å²) in [6, 6.07) is 11.7. The Labute approximate surface area is 275 Å². The van der Waals surface area contributed by atoms with Crippen LogP contribution >= 0.6 is 24.0 Å². The summed E-state index contributed by atoms with van der Waals surface area (Å²) in [7, 11) is 0. The molecule has 236 valence electrons. The van der Waals surface area contributed by atoms with Crippen molar-refractivity contribution < 1.29 is 4.79 Å². The summed E-state index contributed by atoms with van der Waals surface area (Å²) >= 11 is 0. The van der Waals surface area contributed by atoms with Crippen LogP contribution in [-0.2, 0) is 4.79 Å². The minimum absolute atomic E-state index is 0. The molecule has 1 aromatic carbocycles.